The van der Waals surface area contributed by atoms with Gasteiger partial charge in [-0.3, -0.25) is 4.68 Å². The second kappa shape index (κ2) is 5.55. The van der Waals surface area contributed by atoms with Crippen LogP contribution in [0.3, 0.4) is 0 Å². The molecule has 1 heterocycles. The first-order valence-electron chi connectivity index (χ1n) is 6.62. The highest BCUT2D eigenvalue weighted by atomic mass is 35.5. The van der Waals surface area contributed by atoms with E-state index in [-0.39, 0.29) is 0 Å². The van der Waals surface area contributed by atoms with Crippen molar-refractivity contribution in [2.45, 2.75) is 6.42 Å². The van der Waals surface area contributed by atoms with Gasteiger partial charge in [0.1, 0.15) is 5.52 Å². The van der Waals surface area contributed by atoms with Gasteiger partial charge in [-0.25, -0.2) is 0 Å². The van der Waals surface area contributed by atoms with E-state index in [9.17, 15) is 0 Å². The predicted molar refractivity (Wildman–Crippen MR) is 90.1 cm³/mol. The van der Waals surface area contributed by atoms with E-state index in [0.29, 0.717) is 10.0 Å². The highest BCUT2D eigenvalue weighted by Crippen LogP contribution is 2.35. The van der Waals surface area contributed by atoms with Gasteiger partial charge in [-0.05, 0) is 12.1 Å². The third-order valence-corrected chi connectivity index (χ3v) is 4.09. The zero-order valence-electron chi connectivity index (χ0n) is 11.6. The van der Waals surface area contributed by atoms with Gasteiger partial charge in [-0.2, -0.15) is 5.10 Å². The summed E-state index contributed by atoms with van der Waals surface area (Å²) in [5, 5.41) is 7.03. The first kappa shape index (κ1) is 14.2. The summed E-state index contributed by atoms with van der Waals surface area (Å²) in [6.45, 7) is 3.81. The van der Waals surface area contributed by atoms with Crippen LogP contribution < -0.4 is 0 Å². The molecule has 1 aromatic heterocycles. The van der Waals surface area contributed by atoms with Crippen LogP contribution in [0.2, 0.25) is 10.0 Å². The molecule has 2 aromatic carbocycles. The first-order valence-corrected chi connectivity index (χ1v) is 7.38. The minimum atomic E-state index is 0.629. The van der Waals surface area contributed by atoms with Crippen LogP contribution >= 0.6 is 23.2 Å². The van der Waals surface area contributed by atoms with Crippen molar-refractivity contribution in [3.8, 4) is 11.1 Å². The number of fused-ring (bicyclic) bond motifs is 1. The van der Waals surface area contributed by atoms with Crippen molar-refractivity contribution >= 4 is 34.1 Å². The molecule has 4 heteroatoms. The molecule has 0 fully saturated rings. The van der Waals surface area contributed by atoms with E-state index in [1.807, 2.05) is 42.1 Å². The summed E-state index contributed by atoms with van der Waals surface area (Å²) in [5.41, 5.74) is 4.04. The van der Waals surface area contributed by atoms with E-state index in [0.717, 1.165) is 34.1 Å². The third-order valence-electron chi connectivity index (χ3n) is 3.55. The fourth-order valence-electron chi connectivity index (χ4n) is 2.57. The molecule has 21 heavy (non-hydrogen) atoms. The van der Waals surface area contributed by atoms with Crippen molar-refractivity contribution in [1.82, 2.24) is 9.78 Å². The summed E-state index contributed by atoms with van der Waals surface area (Å²) in [4.78, 5) is 0. The standard InChI is InChI=1S/C17H14Cl2N2/c1-3-5-16-14-7-4-6-13(17(14)20-21(16)2)12-9-8-11(18)10-15(12)19/h3-4,6-10H,1,5H2,2H3. The van der Waals surface area contributed by atoms with Crippen molar-refractivity contribution in [3.63, 3.8) is 0 Å². The lowest BCUT2D eigenvalue weighted by Crippen LogP contribution is -1.96. The molecule has 0 amide bonds. The summed E-state index contributed by atoms with van der Waals surface area (Å²) in [5.74, 6) is 0. The summed E-state index contributed by atoms with van der Waals surface area (Å²) in [6.07, 6.45) is 2.67. The van der Waals surface area contributed by atoms with Crippen LogP contribution in [-0.4, -0.2) is 9.78 Å². The molecule has 2 nitrogen and oxygen atoms in total. The van der Waals surface area contributed by atoms with Gasteiger partial charge in [0.25, 0.3) is 0 Å². The number of rotatable bonds is 3. The van der Waals surface area contributed by atoms with Crippen molar-refractivity contribution in [1.29, 1.82) is 0 Å². The molecule has 0 radical (unpaired) electrons. The molecule has 0 atom stereocenters. The van der Waals surface area contributed by atoms with Gasteiger partial charge in [-0.15, -0.1) is 6.58 Å². The maximum Gasteiger partial charge on any atom is 0.100 e. The molecule has 0 aliphatic rings. The lowest BCUT2D eigenvalue weighted by molar-refractivity contribution is 0.738. The Labute approximate surface area is 133 Å². The fraction of sp³-hybridized carbons (Fsp3) is 0.118. The van der Waals surface area contributed by atoms with E-state index in [1.54, 1.807) is 6.07 Å². The Balaban J connectivity index is 2.28. The highest BCUT2D eigenvalue weighted by molar-refractivity contribution is 6.36. The number of aromatic nitrogens is 2. The van der Waals surface area contributed by atoms with Crippen molar-refractivity contribution in [3.05, 3.63) is 64.8 Å². The fourth-order valence-corrected chi connectivity index (χ4v) is 3.08. The number of allylic oxidation sites excluding steroid dienone is 1. The van der Waals surface area contributed by atoms with Crippen molar-refractivity contribution < 1.29 is 0 Å². The molecule has 0 unspecified atom stereocenters. The molecule has 106 valence electrons. The second-order valence-electron chi connectivity index (χ2n) is 4.89. The highest BCUT2D eigenvalue weighted by Gasteiger charge is 2.14. The maximum absolute atomic E-state index is 6.34. The quantitative estimate of drug-likeness (QED) is 0.601. The SMILES string of the molecule is C=CCc1c2cccc(-c3ccc(Cl)cc3Cl)c2nn1C. The van der Waals surface area contributed by atoms with Gasteiger partial charge in [0.05, 0.1) is 0 Å². The van der Waals surface area contributed by atoms with E-state index in [2.05, 4.69) is 17.7 Å². The number of hydrogen-bond acceptors (Lipinski definition) is 1. The Morgan fingerprint density at radius 3 is 2.71 bits per heavy atom. The minimum absolute atomic E-state index is 0.629. The second-order valence-corrected chi connectivity index (χ2v) is 5.73. The van der Waals surface area contributed by atoms with Crippen LogP contribution in [0.4, 0.5) is 0 Å². The number of nitrogens with zero attached hydrogens (tertiary/aromatic N) is 2. The van der Waals surface area contributed by atoms with E-state index in [4.69, 9.17) is 23.2 Å². The molecule has 3 rings (SSSR count). The van der Waals surface area contributed by atoms with Gasteiger partial charge < -0.3 is 0 Å². The van der Waals surface area contributed by atoms with Crippen LogP contribution in [0, 0.1) is 0 Å². The molecule has 3 aromatic rings. The number of benzene rings is 2. The van der Waals surface area contributed by atoms with Crippen molar-refractivity contribution in [2.24, 2.45) is 7.05 Å². The molecule has 0 saturated heterocycles. The molecular weight excluding hydrogens is 303 g/mol. The summed E-state index contributed by atoms with van der Waals surface area (Å²) in [6, 6.07) is 11.7. The van der Waals surface area contributed by atoms with Gasteiger partial charge in [0, 0.05) is 45.7 Å². The third kappa shape index (κ3) is 2.45. The molecule has 0 spiro atoms. The molecule has 0 bridgehead atoms. The Kier molecular flexibility index (Phi) is 3.75. The lowest BCUT2D eigenvalue weighted by Gasteiger charge is -2.06. The van der Waals surface area contributed by atoms with Crippen LogP contribution in [0.15, 0.2) is 49.1 Å². The molecule has 0 N–H and O–H groups in total. The van der Waals surface area contributed by atoms with Gasteiger partial charge in [-0.1, -0.05) is 53.5 Å². The number of aryl methyl sites for hydroxylation is 1. The van der Waals surface area contributed by atoms with Crippen LogP contribution in [0.5, 0.6) is 0 Å². The zero-order chi connectivity index (χ0) is 15.0. The average molecular weight is 317 g/mol. The first-order chi connectivity index (χ1) is 10.1. The number of hydrogen-bond donors (Lipinski definition) is 0. The normalized spacial score (nSPS) is 11.0. The summed E-state index contributed by atoms with van der Waals surface area (Å²) in [7, 11) is 1.95. The predicted octanol–water partition coefficient (Wildman–Crippen LogP) is 5.28. The van der Waals surface area contributed by atoms with Crippen LogP contribution in [0.1, 0.15) is 5.69 Å². The topological polar surface area (TPSA) is 17.8 Å². The van der Waals surface area contributed by atoms with E-state index < -0.39 is 0 Å². The molecule has 0 aliphatic carbocycles. The lowest BCUT2D eigenvalue weighted by atomic mass is 10.0. The van der Waals surface area contributed by atoms with E-state index >= 15 is 0 Å². The monoisotopic (exact) mass is 316 g/mol. The maximum atomic E-state index is 6.34. The largest absolute Gasteiger partial charge is 0.271 e. The van der Waals surface area contributed by atoms with Gasteiger partial charge >= 0.3 is 0 Å². The van der Waals surface area contributed by atoms with Crippen LogP contribution in [-0.2, 0) is 13.5 Å². The summed E-state index contributed by atoms with van der Waals surface area (Å²) < 4.78 is 1.90. The van der Waals surface area contributed by atoms with Crippen molar-refractivity contribution in [2.75, 3.05) is 0 Å². The van der Waals surface area contributed by atoms with Crippen LogP contribution in [0.25, 0.3) is 22.0 Å². The Hall–Kier alpha value is -1.77. The van der Waals surface area contributed by atoms with E-state index in [1.165, 1.54) is 0 Å². The molecule has 0 aliphatic heterocycles. The van der Waals surface area contributed by atoms with Gasteiger partial charge in [0.2, 0.25) is 0 Å². The minimum Gasteiger partial charge on any atom is -0.271 e. The Morgan fingerprint density at radius 2 is 2.00 bits per heavy atom. The molecular formula is C17H14Cl2N2. The Morgan fingerprint density at radius 1 is 1.19 bits per heavy atom. The number of halogens is 2. The van der Waals surface area contributed by atoms with Gasteiger partial charge in [0.15, 0.2) is 0 Å². The zero-order valence-corrected chi connectivity index (χ0v) is 13.1. The smallest absolute Gasteiger partial charge is 0.100 e. The Bertz CT molecular complexity index is 834. The summed E-state index contributed by atoms with van der Waals surface area (Å²) >= 11 is 12.3. The average Bonchev–Trinajstić information content (AvgIpc) is 2.76. The molecule has 0 saturated carbocycles.